The molecule has 1 heteroatoms. The van der Waals surface area contributed by atoms with Crippen molar-refractivity contribution in [3.63, 3.8) is 0 Å². The third kappa shape index (κ3) is 1.40. The first kappa shape index (κ1) is 8.52. The van der Waals surface area contributed by atoms with Crippen LogP contribution < -0.4 is 0 Å². The predicted octanol–water partition coefficient (Wildman–Crippen LogP) is 2.47. The second-order valence-electron chi connectivity index (χ2n) is 3.67. The lowest BCUT2D eigenvalue weighted by Gasteiger charge is -2.24. The largest absolute Gasteiger partial charge is 0.381 e. The Bertz CT molecular complexity index is 300. The van der Waals surface area contributed by atoms with Gasteiger partial charge in [-0.2, -0.15) is 0 Å². The van der Waals surface area contributed by atoms with Crippen LogP contribution >= 0.6 is 0 Å². The first-order valence-corrected chi connectivity index (χ1v) is 4.69. The summed E-state index contributed by atoms with van der Waals surface area (Å²) >= 11 is 0. The highest BCUT2D eigenvalue weighted by Gasteiger charge is 2.42. The van der Waals surface area contributed by atoms with Crippen molar-refractivity contribution in [2.75, 3.05) is 0 Å². The van der Waals surface area contributed by atoms with E-state index in [2.05, 4.69) is 6.58 Å². The minimum Gasteiger partial charge on any atom is -0.381 e. The normalized spacial score (nSPS) is 20.7. The molecule has 1 atom stereocenters. The minimum atomic E-state index is -0.790. The van der Waals surface area contributed by atoms with Gasteiger partial charge in [0, 0.05) is 0 Å². The first-order chi connectivity index (χ1) is 6.27. The Labute approximate surface area is 78.7 Å². The predicted molar refractivity (Wildman–Crippen MR) is 53.3 cm³/mol. The lowest BCUT2D eigenvalue weighted by Crippen LogP contribution is -2.24. The summed E-state index contributed by atoms with van der Waals surface area (Å²) in [7, 11) is 0. The second-order valence-corrected chi connectivity index (χ2v) is 3.67. The maximum absolute atomic E-state index is 10.3. The number of benzene rings is 1. The van der Waals surface area contributed by atoms with Crippen molar-refractivity contribution in [1.82, 2.24) is 0 Å². The summed E-state index contributed by atoms with van der Waals surface area (Å²) in [5.74, 6) is 0.382. The summed E-state index contributed by atoms with van der Waals surface area (Å²) in [6, 6.07) is 9.78. The van der Waals surface area contributed by atoms with E-state index >= 15 is 0 Å². The molecule has 0 radical (unpaired) electrons. The molecule has 1 aromatic carbocycles. The van der Waals surface area contributed by atoms with E-state index in [1.54, 1.807) is 6.08 Å². The van der Waals surface area contributed by atoms with Crippen molar-refractivity contribution in [2.45, 2.75) is 18.4 Å². The minimum absolute atomic E-state index is 0.382. The number of hydrogen-bond donors (Lipinski definition) is 1. The molecule has 0 bridgehead atoms. The van der Waals surface area contributed by atoms with Crippen molar-refractivity contribution < 1.29 is 5.11 Å². The standard InChI is InChI=1S/C12H14O/c1-2-12(13,11-8-9-11)10-6-4-3-5-7-10/h2-7,11,13H,1,8-9H2. The topological polar surface area (TPSA) is 20.2 Å². The molecule has 1 aliphatic carbocycles. The van der Waals surface area contributed by atoms with E-state index in [9.17, 15) is 5.11 Å². The maximum atomic E-state index is 10.3. The third-order valence-corrected chi connectivity index (χ3v) is 2.75. The van der Waals surface area contributed by atoms with Gasteiger partial charge in [-0.15, -0.1) is 0 Å². The molecule has 0 aromatic heterocycles. The molecule has 0 spiro atoms. The molecule has 0 amide bonds. The summed E-state index contributed by atoms with van der Waals surface area (Å²) < 4.78 is 0. The lowest BCUT2D eigenvalue weighted by molar-refractivity contribution is 0.0654. The van der Waals surface area contributed by atoms with Crippen LogP contribution in [0.5, 0.6) is 0 Å². The van der Waals surface area contributed by atoms with Crippen LogP contribution in [0.4, 0.5) is 0 Å². The molecular formula is C12H14O. The summed E-state index contributed by atoms with van der Waals surface area (Å²) in [6.07, 6.45) is 3.88. The van der Waals surface area contributed by atoms with E-state index in [4.69, 9.17) is 0 Å². The van der Waals surface area contributed by atoms with Gasteiger partial charge in [0.1, 0.15) is 5.60 Å². The average Bonchev–Trinajstić information content (AvgIpc) is 3.02. The van der Waals surface area contributed by atoms with Gasteiger partial charge in [-0.3, -0.25) is 0 Å². The molecule has 13 heavy (non-hydrogen) atoms. The van der Waals surface area contributed by atoms with Gasteiger partial charge in [0.05, 0.1) is 0 Å². The van der Waals surface area contributed by atoms with Crippen LogP contribution in [-0.4, -0.2) is 5.11 Å². The van der Waals surface area contributed by atoms with Crippen LogP contribution in [0.1, 0.15) is 18.4 Å². The first-order valence-electron chi connectivity index (χ1n) is 4.69. The van der Waals surface area contributed by atoms with Crippen LogP contribution in [0, 0.1) is 5.92 Å². The second kappa shape index (κ2) is 3.00. The van der Waals surface area contributed by atoms with Gasteiger partial charge in [-0.05, 0) is 24.3 Å². The molecular weight excluding hydrogens is 160 g/mol. The summed E-state index contributed by atoms with van der Waals surface area (Å²) in [5.41, 5.74) is 0.175. The molecule has 2 rings (SSSR count). The van der Waals surface area contributed by atoms with E-state index in [0.717, 1.165) is 18.4 Å². The van der Waals surface area contributed by atoms with Crippen molar-refractivity contribution in [3.8, 4) is 0 Å². The Morgan fingerprint density at radius 2 is 1.92 bits per heavy atom. The van der Waals surface area contributed by atoms with Crippen molar-refractivity contribution in [2.24, 2.45) is 5.92 Å². The molecule has 0 aliphatic heterocycles. The van der Waals surface area contributed by atoms with E-state index in [1.807, 2.05) is 30.3 Å². The molecule has 0 heterocycles. The Balaban J connectivity index is 2.36. The summed E-state index contributed by atoms with van der Waals surface area (Å²) in [5, 5.41) is 10.3. The number of hydrogen-bond acceptors (Lipinski definition) is 1. The van der Waals surface area contributed by atoms with Gasteiger partial charge in [0.15, 0.2) is 0 Å². The van der Waals surface area contributed by atoms with Gasteiger partial charge in [-0.25, -0.2) is 0 Å². The Kier molecular flexibility index (Phi) is 1.97. The molecule has 1 unspecified atom stereocenters. The zero-order valence-electron chi connectivity index (χ0n) is 7.61. The van der Waals surface area contributed by atoms with Crippen molar-refractivity contribution in [3.05, 3.63) is 48.6 Å². The zero-order chi connectivity index (χ0) is 9.31. The molecule has 1 aliphatic rings. The zero-order valence-corrected chi connectivity index (χ0v) is 7.61. The highest BCUT2D eigenvalue weighted by atomic mass is 16.3. The quantitative estimate of drug-likeness (QED) is 0.698. The molecule has 68 valence electrons. The SMILES string of the molecule is C=CC(O)(c1ccccc1)C1CC1. The third-order valence-electron chi connectivity index (χ3n) is 2.75. The van der Waals surface area contributed by atoms with Crippen LogP contribution in [0.25, 0.3) is 0 Å². The van der Waals surface area contributed by atoms with E-state index in [1.165, 1.54) is 0 Å². The number of rotatable bonds is 3. The van der Waals surface area contributed by atoms with Gasteiger partial charge in [0.2, 0.25) is 0 Å². The van der Waals surface area contributed by atoms with Gasteiger partial charge in [-0.1, -0.05) is 43.0 Å². The van der Waals surface area contributed by atoms with Crippen LogP contribution in [0.15, 0.2) is 43.0 Å². The Hall–Kier alpha value is -1.08. The van der Waals surface area contributed by atoms with Gasteiger partial charge in [0.25, 0.3) is 0 Å². The monoisotopic (exact) mass is 174 g/mol. The van der Waals surface area contributed by atoms with E-state index < -0.39 is 5.60 Å². The molecule has 0 saturated heterocycles. The molecule has 1 nitrogen and oxygen atoms in total. The average molecular weight is 174 g/mol. The van der Waals surface area contributed by atoms with E-state index in [0.29, 0.717) is 5.92 Å². The highest BCUT2D eigenvalue weighted by Crippen LogP contribution is 2.46. The molecule has 1 N–H and O–H groups in total. The van der Waals surface area contributed by atoms with Crippen molar-refractivity contribution >= 4 is 0 Å². The summed E-state index contributed by atoms with van der Waals surface area (Å²) in [6.45, 7) is 3.72. The fourth-order valence-corrected chi connectivity index (χ4v) is 1.75. The van der Waals surface area contributed by atoms with Crippen molar-refractivity contribution in [1.29, 1.82) is 0 Å². The molecule has 1 saturated carbocycles. The molecule has 1 aromatic rings. The fraction of sp³-hybridized carbons (Fsp3) is 0.333. The van der Waals surface area contributed by atoms with Gasteiger partial charge >= 0.3 is 0 Å². The Morgan fingerprint density at radius 1 is 1.31 bits per heavy atom. The molecule has 1 fully saturated rings. The van der Waals surface area contributed by atoms with Crippen LogP contribution in [-0.2, 0) is 5.60 Å². The fourth-order valence-electron chi connectivity index (χ4n) is 1.75. The van der Waals surface area contributed by atoms with E-state index in [-0.39, 0.29) is 0 Å². The van der Waals surface area contributed by atoms with Gasteiger partial charge < -0.3 is 5.11 Å². The Morgan fingerprint density at radius 3 is 2.38 bits per heavy atom. The summed E-state index contributed by atoms with van der Waals surface area (Å²) in [4.78, 5) is 0. The lowest BCUT2D eigenvalue weighted by atomic mass is 9.89. The highest BCUT2D eigenvalue weighted by molar-refractivity contribution is 5.29. The van der Waals surface area contributed by atoms with Crippen LogP contribution in [0.3, 0.4) is 0 Å². The van der Waals surface area contributed by atoms with Crippen LogP contribution in [0.2, 0.25) is 0 Å². The number of aliphatic hydroxyl groups is 1. The maximum Gasteiger partial charge on any atom is 0.110 e. The smallest absolute Gasteiger partial charge is 0.110 e.